The molecule has 1 amide bonds. The van der Waals surface area contributed by atoms with Crippen LogP contribution in [-0.4, -0.2) is 25.3 Å². The van der Waals surface area contributed by atoms with Gasteiger partial charge in [-0.1, -0.05) is 6.92 Å². The summed E-state index contributed by atoms with van der Waals surface area (Å²) in [4.78, 5) is 12.4. The second-order valence-corrected chi connectivity index (χ2v) is 5.59. The fourth-order valence-corrected chi connectivity index (χ4v) is 2.51. The minimum absolute atomic E-state index is 0.0360. The topological polar surface area (TPSA) is 59.6 Å². The summed E-state index contributed by atoms with van der Waals surface area (Å²) in [5.74, 6) is -0.228. The average Bonchev–Trinajstić information content (AvgIpc) is 2.72. The maximum atomic E-state index is 12.9. The van der Waals surface area contributed by atoms with Gasteiger partial charge in [0.05, 0.1) is 0 Å². The summed E-state index contributed by atoms with van der Waals surface area (Å²) in [6.45, 7) is 3.48. The molecule has 3 rings (SSSR count). The molecule has 0 saturated carbocycles. The van der Waals surface area contributed by atoms with E-state index < -0.39 is 11.7 Å². The highest BCUT2D eigenvalue weighted by Gasteiger charge is 2.43. The molecule has 2 aliphatic heterocycles. The predicted molar refractivity (Wildman–Crippen MR) is 71.5 cm³/mol. The van der Waals surface area contributed by atoms with E-state index >= 15 is 0 Å². The molecule has 1 saturated heterocycles. The number of anilines is 1. The summed E-state index contributed by atoms with van der Waals surface area (Å²) in [5.41, 5.74) is -0.0363. The first-order chi connectivity index (χ1) is 9.88. The summed E-state index contributed by atoms with van der Waals surface area (Å²) in [6.07, 6.45) is -2.17. The number of carbonyl (C=O) groups is 1. The monoisotopic (exact) mass is 298 g/mol. The van der Waals surface area contributed by atoms with Gasteiger partial charge in [0.15, 0.2) is 11.5 Å². The minimum atomic E-state index is -3.65. The Balaban J connectivity index is 1.73. The van der Waals surface area contributed by atoms with E-state index in [0.29, 0.717) is 5.69 Å². The second-order valence-electron chi connectivity index (χ2n) is 5.59. The summed E-state index contributed by atoms with van der Waals surface area (Å²) in [7, 11) is 0. The van der Waals surface area contributed by atoms with Crippen LogP contribution >= 0.6 is 0 Å². The van der Waals surface area contributed by atoms with Crippen molar-refractivity contribution in [3.63, 3.8) is 0 Å². The van der Waals surface area contributed by atoms with Crippen molar-refractivity contribution in [1.82, 2.24) is 5.32 Å². The molecule has 0 aliphatic carbocycles. The molecule has 1 aromatic carbocycles. The molecule has 0 spiro atoms. The number of alkyl halides is 2. The third kappa shape index (κ3) is 2.78. The average molecular weight is 298 g/mol. The fourth-order valence-electron chi connectivity index (χ4n) is 2.51. The Morgan fingerprint density at radius 1 is 1.24 bits per heavy atom. The molecule has 5 nitrogen and oxygen atoms in total. The van der Waals surface area contributed by atoms with Crippen LogP contribution in [-0.2, 0) is 4.79 Å². The van der Waals surface area contributed by atoms with Crippen molar-refractivity contribution in [2.75, 3.05) is 18.4 Å². The number of piperidine rings is 1. The molecule has 0 radical (unpaired) electrons. The van der Waals surface area contributed by atoms with Crippen molar-refractivity contribution < 1.29 is 23.0 Å². The molecular formula is C14H16F2N2O3. The molecule has 1 aromatic rings. The Kier molecular flexibility index (Phi) is 3.24. The van der Waals surface area contributed by atoms with Crippen molar-refractivity contribution in [1.29, 1.82) is 0 Å². The van der Waals surface area contributed by atoms with E-state index in [1.165, 1.54) is 18.2 Å². The van der Waals surface area contributed by atoms with Gasteiger partial charge in [-0.3, -0.25) is 4.79 Å². The van der Waals surface area contributed by atoms with Crippen LogP contribution in [0, 0.1) is 5.41 Å². The number of ether oxygens (including phenoxy) is 2. The largest absolute Gasteiger partial charge is 0.586 e. The van der Waals surface area contributed by atoms with Gasteiger partial charge in [0.2, 0.25) is 5.91 Å². The van der Waals surface area contributed by atoms with E-state index in [4.69, 9.17) is 0 Å². The lowest BCUT2D eigenvalue weighted by Crippen LogP contribution is -2.42. The van der Waals surface area contributed by atoms with Crippen molar-refractivity contribution >= 4 is 11.6 Å². The second kappa shape index (κ2) is 4.84. The van der Waals surface area contributed by atoms with Crippen LogP contribution in [0.4, 0.5) is 14.5 Å². The Bertz CT molecular complexity index is 571. The van der Waals surface area contributed by atoms with Crippen LogP contribution in [0.1, 0.15) is 19.8 Å². The molecular weight excluding hydrogens is 282 g/mol. The van der Waals surface area contributed by atoms with Gasteiger partial charge < -0.3 is 20.1 Å². The molecule has 0 unspecified atom stereocenters. The van der Waals surface area contributed by atoms with Gasteiger partial charge in [-0.25, -0.2) is 0 Å². The molecule has 114 valence electrons. The number of carbonyl (C=O) groups excluding carboxylic acids is 1. The first-order valence-corrected chi connectivity index (χ1v) is 6.80. The van der Waals surface area contributed by atoms with Crippen LogP contribution in [0.2, 0.25) is 0 Å². The van der Waals surface area contributed by atoms with Crippen LogP contribution in [0.25, 0.3) is 0 Å². The quantitative estimate of drug-likeness (QED) is 0.880. The van der Waals surface area contributed by atoms with Gasteiger partial charge in [0.25, 0.3) is 0 Å². The normalized spacial score (nSPS) is 21.9. The van der Waals surface area contributed by atoms with Crippen LogP contribution in [0.5, 0.6) is 11.5 Å². The van der Waals surface area contributed by atoms with E-state index in [0.717, 1.165) is 25.9 Å². The first kappa shape index (κ1) is 14.1. The van der Waals surface area contributed by atoms with E-state index in [9.17, 15) is 13.6 Å². The smallest absolute Gasteiger partial charge is 0.395 e. The SMILES string of the molecule is CC1(C(=O)Nc2ccc3c(c2)OC(F)(F)O3)CCNCC1. The number of rotatable bonds is 2. The van der Waals surface area contributed by atoms with Crippen molar-refractivity contribution in [2.45, 2.75) is 26.1 Å². The molecule has 1 fully saturated rings. The molecule has 2 N–H and O–H groups in total. The van der Waals surface area contributed by atoms with Gasteiger partial charge in [0, 0.05) is 17.2 Å². The van der Waals surface area contributed by atoms with Crippen molar-refractivity contribution in [3.05, 3.63) is 18.2 Å². The van der Waals surface area contributed by atoms with Crippen molar-refractivity contribution in [3.8, 4) is 11.5 Å². The third-order valence-electron chi connectivity index (χ3n) is 3.91. The number of amides is 1. The number of benzene rings is 1. The Morgan fingerprint density at radius 3 is 2.62 bits per heavy atom. The zero-order chi connectivity index (χ0) is 15.1. The fraction of sp³-hybridized carbons (Fsp3) is 0.500. The van der Waals surface area contributed by atoms with E-state index in [-0.39, 0.29) is 17.4 Å². The number of hydrogen-bond donors (Lipinski definition) is 2. The minimum Gasteiger partial charge on any atom is -0.395 e. The summed E-state index contributed by atoms with van der Waals surface area (Å²) in [5, 5.41) is 5.96. The number of halogens is 2. The standard InChI is InChI=1S/C14H16F2N2O3/c1-13(4-6-17-7-5-13)12(19)18-9-2-3-10-11(8-9)21-14(15,16)20-10/h2-3,8,17H,4-7H2,1H3,(H,18,19). The lowest BCUT2D eigenvalue weighted by atomic mass is 9.80. The van der Waals surface area contributed by atoms with E-state index in [1.54, 1.807) is 0 Å². The highest BCUT2D eigenvalue weighted by molar-refractivity contribution is 5.95. The molecule has 2 heterocycles. The van der Waals surface area contributed by atoms with Crippen molar-refractivity contribution in [2.24, 2.45) is 5.41 Å². The Labute approximate surface area is 120 Å². The Morgan fingerprint density at radius 2 is 1.90 bits per heavy atom. The zero-order valence-electron chi connectivity index (χ0n) is 11.5. The third-order valence-corrected chi connectivity index (χ3v) is 3.91. The van der Waals surface area contributed by atoms with Crippen LogP contribution in [0.3, 0.4) is 0 Å². The predicted octanol–water partition coefficient (Wildman–Crippen LogP) is 2.34. The maximum absolute atomic E-state index is 12.9. The van der Waals surface area contributed by atoms with Gasteiger partial charge in [-0.05, 0) is 38.1 Å². The van der Waals surface area contributed by atoms with Crippen LogP contribution in [0.15, 0.2) is 18.2 Å². The molecule has 2 aliphatic rings. The van der Waals surface area contributed by atoms with Gasteiger partial charge >= 0.3 is 6.29 Å². The lowest BCUT2D eigenvalue weighted by Gasteiger charge is -2.32. The number of fused-ring (bicyclic) bond motifs is 1. The lowest BCUT2D eigenvalue weighted by molar-refractivity contribution is -0.286. The summed E-state index contributed by atoms with van der Waals surface area (Å²) in [6, 6.07) is 4.22. The molecule has 7 heteroatoms. The van der Waals surface area contributed by atoms with Gasteiger partial charge in [0.1, 0.15) is 0 Å². The van der Waals surface area contributed by atoms with Gasteiger partial charge in [-0.15, -0.1) is 8.78 Å². The Hall–Kier alpha value is -1.89. The number of hydrogen-bond acceptors (Lipinski definition) is 4. The molecule has 21 heavy (non-hydrogen) atoms. The maximum Gasteiger partial charge on any atom is 0.586 e. The highest BCUT2D eigenvalue weighted by Crippen LogP contribution is 2.42. The van der Waals surface area contributed by atoms with E-state index in [2.05, 4.69) is 20.1 Å². The van der Waals surface area contributed by atoms with Crippen LogP contribution < -0.4 is 20.1 Å². The highest BCUT2D eigenvalue weighted by atomic mass is 19.3. The molecule has 0 atom stereocenters. The summed E-state index contributed by atoms with van der Waals surface area (Å²) < 4.78 is 34.6. The zero-order valence-corrected chi connectivity index (χ0v) is 11.5. The molecule has 0 bridgehead atoms. The van der Waals surface area contributed by atoms with Gasteiger partial charge in [-0.2, -0.15) is 0 Å². The number of nitrogens with one attached hydrogen (secondary N) is 2. The summed E-state index contributed by atoms with van der Waals surface area (Å²) >= 11 is 0. The van der Waals surface area contributed by atoms with E-state index in [1.807, 2.05) is 6.92 Å². The molecule has 0 aromatic heterocycles. The first-order valence-electron chi connectivity index (χ1n) is 6.80.